The first-order valence-corrected chi connectivity index (χ1v) is 6.59. The van der Waals surface area contributed by atoms with Crippen LogP contribution in [0.3, 0.4) is 0 Å². The van der Waals surface area contributed by atoms with E-state index in [2.05, 4.69) is 15.9 Å². The molecule has 0 bridgehead atoms. The van der Waals surface area contributed by atoms with Crippen molar-refractivity contribution in [3.05, 3.63) is 28.2 Å². The SMILES string of the molecule is COc1ccc(CC2(F)CCC(N)C2)cc1Br. The molecule has 1 aliphatic carbocycles. The van der Waals surface area contributed by atoms with Crippen LogP contribution in [0, 0.1) is 0 Å². The Hall–Kier alpha value is -0.610. The molecule has 0 amide bonds. The molecule has 0 aromatic heterocycles. The van der Waals surface area contributed by atoms with Crippen molar-refractivity contribution in [2.45, 2.75) is 37.4 Å². The molecule has 0 heterocycles. The molecular formula is C13H17BrFNO. The third-order valence-electron chi connectivity index (χ3n) is 3.33. The Kier molecular flexibility index (Phi) is 3.73. The van der Waals surface area contributed by atoms with Crippen molar-refractivity contribution in [1.82, 2.24) is 0 Å². The molecule has 2 nitrogen and oxygen atoms in total. The van der Waals surface area contributed by atoms with E-state index in [0.717, 1.165) is 22.2 Å². The average molecular weight is 302 g/mol. The number of hydrogen-bond acceptors (Lipinski definition) is 2. The topological polar surface area (TPSA) is 35.2 Å². The number of benzene rings is 1. The maximum Gasteiger partial charge on any atom is 0.133 e. The summed E-state index contributed by atoms with van der Waals surface area (Å²) in [4.78, 5) is 0. The highest BCUT2D eigenvalue weighted by Crippen LogP contribution is 2.37. The first kappa shape index (κ1) is 12.8. The molecule has 4 heteroatoms. The molecule has 17 heavy (non-hydrogen) atoms. The second-order valence-electron chi connectivity index (χ2n) is 4.80. The van der Waals surface area contributed by atoms with E-state index < -0.39 is 5.67 Å². The van der Waals surface area contributed by atoms with Crippen molar-refractivity contribution in [2.75, 3.05) is 7.11 Å². The quantitative estimate of drug-likeness (QED) is 0.930. The fourth-order valence-corrected chi connectivity index (χ4v) is 3.05. The minimum atomic E-state index is -1.13. The maximum atomic E-state index is 14.4. The van der Waals surface area contributed by atoms with Crippen LogP contribution in [0.1, 0.15) is 24.8 Å². The van der Waals surface area contributed by atoms with Crippen LogP contribution in [0.4, 0.5) is 4.39 Å². The fourth-order valence-electron chi connectivity index (χ4n) is 2.46. The number of hydrogen-bond donors (Lipinski definition) is 1. The minimum Gasteiger partial charge on any atom is -0.496 e. The van der Waals surface area contributed by atoms with Crippen LogP contribution < -0.4 is 10.5 Å². The average Bonchev–Trinajstić information content (AvgIpc) is 2.58. The van der Waals surface area contributed by atoms with Gasteiger partial charge >= 0.3 is 0 Å². The normalized spacial score (nSPS) is 28.4. The van der Waals surface area contributed by atoms with Crippen LogP contribution in [-0.4, -0.2) is 18.8 Å². The molecule has 2 atom stereocenters. The van der Waals surface area contributed by atoms with Crippen LogP contribution >= 0.6 is 15.9 Å². The Morgan fingerprint density at radius 2 is 2.35 bits per heavy atom. The molecule has 0 radical (unpaired) electrons. The van der Waals surface area contributed by atoms with Gasteiger partial charge in [-0.25, -0.2) is 4.39 Å². The predicted octanol–water partition coefficient (Wildman–Crippen LogP) is 3.22. The summed E-state index contributed by atoms with van der Waals surface area (Å²) in [6, 6.07) is 5.71. The van der Waals surface area contributed by atoms with Gasteiger partial charge in [0.05, 0.1) is 11.6 Å². The van der Waals surface area contributed by atoms with Gasteiger partial charge in [0.2, 0.25) is 0 Å². The Morgan fingerprint density at radius 1 is 1.59 bits per heavy atom. The first-order chi connectivity index (χ1) is 8.02. The zero-order chi connectivity index (χ0) is 12.5. The van der Waals surface area contributed by atoms with Crippen molar-refractivity contribution >= 4 is 15.9 Å². The van der Waals surface area contributed by atoms with Crippen LogP contribution in [-0.2, 0) is 6.42 Å². The highest BCUT2D eigenvalue weighted by molar-refractivity contribution is 9.10. The second-order valence-corrected chi connectivity index (χ2v) is 5.65. The summed E-state index contributed by atoms with van der Waals surface area (Å²) in [6.07, 6.45) is 2.26. The number of rotatable bonds is 3. The molecule has 0 spiro atoms. The zero-order valence-electron chi connectivity index (χ0n) is 9.88. The van der Waals surface area contributed by atoms with Gasteiger partial charge in [0.1, 0.15) is 11.4 Å². The molecule has 1 fully saturated rings. The van der Waals surface area contributed by atoms with Gasteiger partial charge in [-0.1, -0.05) is 6.07 Å². The molecule has 2 unspecified atom stereocenters. The lowest BCUT2D eigenvalue weighted by Crippen LogP contribution is -2.25. The summed E-state index contributed by atoms with van der Waals surface area (Å²) in [6.45, 7) is 0. The van der Waals surface area contributed by atoms with E-state index >= 15 is 0 Å². The molecule has 0 aliphatic heterocycles. The molecule has 1 aromatic rings. The monoisotopic (exact) mass is 301 g/mol. The molecule has 1 saturated carbocycles. The van der Waals surface area contributed by atoms with E-state index in [0.29, 0.717) is 19.3 Å². The van der Waals surface area contributed by atoms with Gasteiger partial charge in [-0.3, -0.25) is 0 Å². The standard InChI is InChI=1S/C13H17BrFNO/c1-17-12-3-2-9(6-11(12)14)7-13(15)5-4-10(16)8-13/h2-3,6,10H,4-5,7-8,16H2,1H3. The van der Waals surface area contributed by atoms with Crippen molar-refractivity contribution in [2.24, 2.45) is 5.73 Å². The van der Waals surface area contributed by atoms with E-state index in [4.69, 9.17) is 10.5 Å². The van der Waals surface area contributed by atoms with Crippen LogP contribution in [0.5, 0.6) is 5.75 Å². The van der Waals surface area contributed by atoms with Crippen LogP contribution in [0.25, 0.3) is 0 Å². The predicted molar refractivity (Wildman–Crippen MR) is 70.1 cm³/mol. The number of ether oxygens (including phenoxy) is 1. The number of halogens is 2. The van der Waals surface area contributed by atoms with Gasteiger partial charge in [-0.15, -0.1) is 0 Å². The molecular weight excluding hydrogens is 285 g/mol. The Balaban J connectivity index is 2.11. The van der Waals surface area contributed by atoms with E-state index in [-0.39, 0.29) is 6.04 Å². The number of methoxy groups -OCH3 is 1. The van der Waals surface area contributed by atoms with Gasteiger partial charge in [-0.2, -0.15) is 0 Å². The van der Waals surface area contributed by atoms with Gasteiger partial charge in [0.25, 0.3) is 0 Å². The molecule has 0 saturated heterocycles. The molecule has 1 aliphatic rings. The first-order valence-electron chi connectivity index (χ1n) is 5.79. The van der Waals surface area contributed by atoms with Gasteiger partial charge < -0.3 is 10.5 Å². The summed E-state index contributed by atoms with van der Waals surface area (Å²) in [5.41, 5.74) is 5.62. The maximum absolute atomic E-state index is 14.4. The lowest BCUT2D eigenvalue weighted by molar-refractivity contribution is 0.170. The zero-order valence-corrected chi connectivity index (χ0v) is 11.5. The number of alkyl halides is 1. The third kappa shape index (κ3) is 2.99. The Morgan fingerprint density at radius 3 is 2.88 bits per heavy atom. The van der Waals surface area contributed by atoms with Crippen molar-refractivity contribution in [1.29, 1.82) is 0 Å². The summed E-state index contributed by atoms with van der Waals surface area (Å²) < 4.78 is 20.5. The highest BCUT2D eigenvalue weighted by Gasteiger charge is 2.37. The van der Waals surface area contributed by atoms with Gasteiger partial charge in [0.15, 0.2) is 0 Å². The summed E-state index contributed by atoms with van der Waals surface area (Å²) in [5.74, 6) is 0.768. The van der Waals surface area contributed by atoms with Crippen LogP contribution in [0.2, 0.25) is 0 Å². The second kappa shape index (κ2) is 4.94. The van der Waals surface area contributed by atoms with E-state index in [1.165, 1.54) is 0 Å². The highest BCUT2D eigenvalue weighted by atomic mass is 79.9. The largest absolute Gasteiger partial charge is 0.496 e. The van der Waals surface area contributed by atoms with Crippen molar-refractivity contribution in [3.63, 3.8) is 0 Å². The minimum absolute atomic E-state index is 0.0155. The lowest BCUT2D eigenvalue weighted by Gasteiger charge is -2.19. The summed E-state index contributed by atoms with van der Waals surface area (Å²) in [5, 5.41) is 0. The van der Waals surface area contributed by atoms with Gasteiger partial charge in [0, 0.05) is 12.5 Å². The molecule has 1 aromatic carbocycles. The fraction of sp³-hybridized carbons (Fsp3) is 0.538. The van der Waals surface area contributed by atoms with Gasteiger partial charge in [-0.05, 0) is 52.9 Å². The summed E-state index contributed by atoms with van der Waals surface area (Å²) >= 11 is 3.41. The smallest absolute Gasteiger partial charge is 0.133 e. The van der Waals surface area contributed by atoms with Crippen LogP contribution in [0.15, 0.2) is 22.7 Å². The molecule has 94 valence electrons. The van der Waals surface area contributed by atoms with E-state index in [1.807, 2.05) is 18.2 Å². The van der Waals surface area contributed by atoms with Crippen molar-refractivity contribution < 1.29 is 9.13 Å². The van der Waals surface area contributed by atoms with Crippen molar-refractivity contribution in [3.8, 4) is 5.75 Å². The number of nitrogens with two attached hydrogens (primary N) is 1. The Bertz CT molecular complexity index is 412. The van der Waals surface area contributed by atoms with E-state index in [1.54, 1.807) is 7.11 Å². The molecule has 2 rings (SSSR count). The molecule has 2 N–H and O–H groups in total. The summed E-state index contributed by atoms with van der Waals surface area (Å²) in [7, 11) is 1.62. The Labute approximate surface area is 109 Å². The van der Waals surface area contributed by atoms with E-state index in [9.17, 15) is 4.39 Å². The third-order valence-corrected chi connectivity index (χ3v) is 3.95. The lowest BCUT2D eigenvalue weighted by atomic mass is 9.94.